The van der Waals surface area contributed by atoms with Crippen LogP contribution in [-0.2, 0) is 4.74 Å². The molecule has 4 aromatic rings. The van der Waals surface area contributed by atoms with Crippen LogP contribution in [-0.4, -0.2) is 69.4 Å². The molecule has 1 aromatic heterocycles. The first-order valence-corrected chi connectivity index (χ1v) is 12.6. The Morgan fingerprint density at radius 2 is 1.83 bits per heavy atom. The van der Waals surface area contributed by atoms with Crippen LogP contribution in [0.2, 0.25) is 0 Å². The summed E-state index contributed by atoms with van der Waals surface area (Å²) >= 11 is 1.51. The van der Waals surface area contributed by atoms with Crippen LogP contribution < -0.4 is 14.4 Å². The highest BCUT2D eigenvalue weighted by molar-refractivity contribution is 7.22. The van der Waals surface area contributed by atoms with E-state index in [-0.39, 0.29) is 5.91 Å². The van der Waals surface area contributed by atoms with Gasteiger partial charge in [0.2, 0.25) is 0 Å². The molecule has 1 aliphatic heterocycles. The molecule has 1 fully saturated rings. The highest BCUT2D eigenvalue weighted by Gasteiger charge is 2.25. The van der Waals surface area contributed by atoms with Crippen molar-refractivity contribution in [2.75, 3.05) is 58.5 Å². The Morgan fingerprint density at radius 3 is 2.57 bits per heavy atom. The summed E-state index contributed by atoms with van der Waals surface area (Å²) in [5, 5.41) is 2.71. The lowest BCUT2D eigenvalue weighted by atomic mass is 10.0. The van der Waals surface area contributed by atoms with Gasteiger partial charge in [0, 0.05) is 32.2 Å². The molecule has 0 aliphatic carbocycles. The molecule has 0 radical (unpaired) electrons. The summed E-state index contributed by atoms with van der Waals surface area (Å²) in [6.45, 7) is 4.83. The van der Waals surface area contributed by atoms with Crippen molar-refractivity contribution in [2.45, 2.75) is 6.42 Å². The lowest BCUT2D eigenvalue weighted by molar-refractivity contribution is 0.0376. The van der Waals surface area contributed by atoms with Gasteiger partial charge in [-0.05, 0) is 41.5 Å². The van der Waals surface area contributed by atoms with Crippen molar-refractivity contribution in [3.63, 3.8) is 0 Å². The summed E-state index contributed by atoms with van der Waals surface area (Å²) in [5.41, 5.74) is 1.36. The molecule has 7 nitrogen and oxygen atoms in total. The van der Waals surface area contributed by atoms with Gasteiger partial charge in [-0.15, -0.1) is 0 Å². The second kappa shape index (κ2) is 10.6. The van der Waals surface area contributed by atoms with E-state index in [1.165, 1.54) is 11.3 Å². The Labute approximate surface area is 208 Å². The van der Waals surface area contributed by atoms with E-state index in [0.717, 1.165) is 66.0 Å². The molecular formula is C27H29N3O4S. The van der Waals surface area contributed by atoms with Crippen molar-refractivity contribution in [3.8, 4) is 11.5 Å². The molecule has 0 N–H and O–H groups in total. The Hall–Kier alpha value is -3.20. The van der Waals surface area contributed by atoms with Gasteiger partial charge >= 0.3 is 0 Å². The van der Waals surface area contributed by atoms with Crippen molar-refractivity contribution >= 4 is 43.4 Å². The number of nitrogens with zero attached hydrogens (tertiary/aromatic N) is 3. The van der Waals surface area contributed by atoms with Crippen molar-refractivity contribution in [3.05, 3.63) is 60.2 Å². The van der Waals surface area contributed by atoms with Crippen LogP contribution >= 0.6 is 11.3 Å². The van der Waals surface area contributed by atoms with E-state index in [1.54, 1.807) is 19.1 Å². The number of hydrogen-bond acceptors (Lipinski definition) is 7. The van der Waals surface area contributed by atoms with E-state index in [9.17, 15) is 4.79 Å². The lowest BCUT2D eigenvalue weighted by Crippen LogP contribution is -2.39. The molecule has 182 valence electrons. The van der Waals surface area contributed by atoms with E-state index in [2.05, 4.69) is 4.90 Å². The number of carbonyl (C=O) groups is 1. The third-order valence-corrected chi connectivity index (χ3v) is 7.38. The first kappa shape index (κ1) is 23.5. The Kier molecular flexibility index (Phi) is 7.13. The van der Waals surface area contributed by atoms with Crippen LogP contribution in [0, 0.1) is 0 Å². The highest BCUT2D eigenvalue weighted by Crippen LogP contribution is 2.34. The zero-order chi connectivity index (χ0) is 24.2. The molecule has 0 atom stereocenters. The molecule has 1 amide bonds. The molecule has 0 unspecified atom stereocenters. The number of morpholine rings is 1. The normalized spacial score (nSPS) is 14.3. The smallest absolute Gasteiger partial charge is 0.263 e. The van der Waals surface area contributed by atoms with Crippen molar-refractivity contribution < 1.29 is 19.0 Å². The molecule has 1 saturated heterocycles. The SMILES string of the molecule is COc1ccc2sc(N(CCCN3CCOCC3)C(=O)c3cc4ccccc4cc3OC)nc2c1. The Balaban J connectivity index is 1.48. The number of carbonyl (C=O) groups excluding carboxylic acids is 1. The van der Waals surface area contributed by atoms with Crippen LogP contribution in [0.15, 0.2) is 54.6 Å². The summed E-state index contributed by atoms with van der Waals surface area (Å²) in [5.74, 6) is 1.20. The molecule has 35 heavy (non-hydrogen) atoms. The number of ether oxygens (including phenoxy) is 3. The summed E-state index contributed by atoms with van der Waals surface area (Å²) in [4.78, 5) is 23.0. The zero-order valence-electron chi connectivity index (χ0n) is 20.0. The van der Waals surface area contributed by atoms with Crippen LogP contribution in [0.1, 0.15) is 16.8 Å². The third kappa shape index (κ3) is 5.10. The van der Waals surface area contributed by atoms with E-state index in [0.29, 0.717) is 23.0 Å². The number of thiazole rings is 1. The second-order valence-corrected chi connectivity index (χ2v) is 9.50. The number of methoxy groups -OCH3 is 2. The molecule has 1 aliphatic rings. The molecule has 8 heteroatoms. The average Bonchev–Trinajstić information content (AvgIpc) is 3.33. The van der Waals surface area contributed by atoms with Crippen molar-refractivity contribution in [1.82, 2.24) is 9.88 Å². The summed E-state index contributed by atoms with van der Waals surface area (Å²) in [7, 11) is 3.25. The largest absolute Gasteiger partial charge is 0.497 e. The van der Waals surface area contributed by atoms with Gasteiger partial charge in [-0.25, -0.2) is 4.98 Å². The fourth-order valence-electron chi connectivity index (χ4n) is 4.40. The molecular weight excluding hydrogens is 462 g/mol. The maximum absolute atomic E-state index is 14.0. The molecule has 0 spiro atoms. The number of hydrogen-bond donors (Lipinski definition) is 0. The van der Waals surface area contributed by atoms with Gasteiger partial charge in [-0.2, -0.15) is 0 Å². The van der Waals surface area contributed by atoms with Crippen molar-refractivity contribution in [1.29, 1.82) is 0 Å². The number of amides is 1. The first-order valence-electron chi connectivity index (χ1n) is 11.8. The number of rotatable bonds is 8. The lowest BCUT2D eigenvalue weighted by Gasteiger charge is -2.28. The van der Waals surface area contributed by atoms with Gasteiger partial charge in [0.05, 0.1) is 43.2 Å². The quantitative estimate of drug-likeness (QED) is 0.352. The average molecular weight is 492 g/mol. The van der Waals surface area contributed by atoms with Gasteiger partial charge in [0.25, 0.3) is 5.91 Å². The zero-order valence-corrected chi connectivity index (χ0v) is 20.8. The monoisotopic (exact) mass is 491 g/mol. The van der Waals surface area contributed by atoms with Gasteiger partial charge in [-0.3, -0.25) is 14.6 Å². The van der Waals surface area contributed by atoms with Crippen LogP contribution in [0.5, 0.6) is 11.5 Å². The predicted molar refractivity (Wildman–Crippen MR) is 140 cm³/mol. The van der Waals surface area contributed by atoms with E-state index in [4.69, 9.17) is 19.2 Å². The van der Waals surface area contributed by atoms with Crippen LogP contribution in [0.3, 0.4) is 0 Å². The standard InChI is InChI=1S/C27H29N3O4S/c1-32-21-8-9-25-23(18-21)28-27(35-25)30(11-5-10-29-12-14-34-15-13-29)26(31)22-16-19-6-3-4-7-20(19)17-24(22)33-2/h3-4,6-9,16-18H,5,10-15H2,1-2H3. The summed E-state index contributed by atoms with van der Waals surface area (Å²) in [6, 6.07) is 17.7. The van der Waals surface area contributed by atoms with Crippen LogP contribution in [0.4, 0.5) is 5.13 Å². The third-order valence-electron chi connectivity index (χ3n) is 6.32. The van der Waals surface area contributed by atoms with E-state index in [1.807, 2.05) is 54.6 Å². The van der Waals surface area contributed by atoms with E-state index >= 15 is 0 Å². The van der Waals surface area contributed by atoms with E-state index < -0.39 is 0 Å². The maximum Gasteiger partial charge on any atom is 0.263 e. The summed E-state index contributed by atoms with van der Waals surface area (Å²) < 4.78 is 17.5. The van der Waals surface area contributed by atoms with Gasteiger partial charge in [-0.1, -0.05) is 35.6 Å². The molecule has 5 rings (SSSR count). The second-order valence-electron chi connectivity index (χ2n) is 8.49. The predicted octanol–water partition coefficient (Wildman–Crippen LogP) is 4.84. The molecule has 2 heterocycles. The minimum atomic E-state index is -0.111. The molecule has 3 aromatic carbocycles. The summed E-state index contributed by atoms with van der Waals surface area (Å²) in [6.07, 6.45) is 0.834. The van der Waals surface area contributed by atoms with Gasteiger partial charge in [0.1, 0.15) is 11.5 Å². The van der Waals surface area contributed by atoms with Crippen molar-refractivity contribution in [2.24, 2.45) is 0 Å². The number of benzene rings is 3. The molecule has 0 bridgehead atoms. The number of fused-ring (bicyclic) bond motifs is 2. The topological polar surface area (TPSA) is 64.1 Å². The Bertz CT molecular complexity index is 1330. The number of anilines is 1. The minimum absolute atomic E-state index is 0.111. The highest BCUT2D eigenvalue weighted by atomic mass is 32.1. The fourth-order valence-corrected chi connectivity index (χ4v) is 5.37. The molecule has 0 saturated carbocycles. The minimum Gasteiger partial charge on any atom is -0.497 e. The van der Waals surface area contributed by atoms with Gasteiger partial charge in [0.15, 0.2) is 5.13 Å². The van der Waals surface area contributed by atoms with Crippen LogP contribution in [0.25, 0.3) is 21.0 Å². The Morgan fingerprint density at radius 1 is 1.06 bits per heavy atom. The fraction of sp³-hybridized carbons (Fsp3) is 0.333. The maximum atomic E-state index is 14.0. The van der Waals surface area contributed by atoms with Gasteiger partial charge < -0.3 is 14.2 Å². The number of aromatic nitrogens is 1. The first-order chi connectivity index (χ1) is 17.2.